The van der Waals surface area contributed by atoms with Crippen molar-refractivity contribution in [3.05, 3.63) is 29.3 Å². The average Bonchev–Trinajstić information content (AvgIpc) is 3.39. The molecule has 3 rings (SSSR count). The van der Waals surface area contributed by atoms with Crippen molar-refractivity contribution in [3.8, 4) is 5.75 Å². The summed E-state index contributed by atoms with van der Waals surface area (Å²) in [5.41, 5.74) is -2.46. The van der Waals surface area contributed by atoms with E-state index in [-0.39, 0.29) is 67.4 Å². The average molecular weight is 584 g/mol. The van der Waals surface area contributed by atoms with Crippen molar-refractivity contribution >= 4 is 39.6 Å². The van der Waals surface area contributed by atoms with Crippen LogP contribution in [-0.4, -0.2) is 84.2 Å². The molecule has 206 valence electrons. The zero-order valence-electron chi connectivity index (χ0n) is 21.5. The summed E-state index contributed by atoms with van der Waals surface area (Å²) in [4.78, 5) is 39.2. The number of amides is 3. The molecule has 5 atom stereocenters. The van der Waals surface area contributed by atoms with Crippen LogP contribution < -0.4 is 44.9 Å². The Kier molecular flexibility index (Phi) is 12.1. The summed E-state index contributed by atoms with van der Waals surface area (Å²) in [6.07, 6.45) is -1.16. The van der Waals surface area contributed by atoms with E-state index in [0.717, 1.165) is 0 Å². The van der Waals surface area contributed by atoms with Crippen LogP contribution in [0.2, 0.25) is 5.02 Å². The Bertz CT molecular complexity index is 1110. The number of halogens is 1. The SMILES string of the molecule is CC(C)C[C@@H](C(=O)N[C@@H](C[C@@H]1CCNC1=O)C(O)S(=O)(=O)[O-])N1CC(COc2cccc(Cl)c2)OC1=O.[Na+]. The number of benzene rings is 1. The standard InChI is InChI=1S/C23H32ClN3O9S.Na/c1-13(2)8-19(27-11-17(36-23(27)31)12-35-16-5-3-4-15(24)10-16)21(29)26-18(22(30)37(32,33)34)9-14-6-7-25-20(14)28;/h3-5,10,13-14,17-19,22,30H,6-9,11-12H2,1-2H3,(H,25,28)(H,26,29)(H,32,33,34);/q;+1/p-1/t14-,17?,18-,19-,22?;/m0./s1. The molecule has 0 spiro atoms. The van der Waals surface area contributed by atoms with Crippen molar-refractivity contribution in [1.82, 2.24) is 15.5 Å². The third-order valence-electron chi connectivity index (χ3n) is 6.18. The van der Waals surface area contributed by atoms with E-state index in [1.165, 1.54) is 4.90 Å². The minimum Gasteiger partial charge on any atom is -0.746 e. The van der Waals surface area contributed by atoms with Gasteiger partial charge in [-0.05, 0) is 43.4 Å². The second-order valence-corrected chi connectivity index (χ2v) is 11.5. The van der Waals surface area contributed by atoms with E-state index in [1.807, 2.05) is 13.8 Å². The normalized spacial score (nSPS) is 21.8. The zero-order valence-corrected chi connectivity index (χ0v) is 25.0. The van der Waals surface area contributed by atoms with Gasteiger partial charge >= 0.3 is 35.7 Å². The molecule has 0 radical (unpaired) electrons. The minimum atomic E-state index is -5.20. The van der Waals surface area contributed by atoms with E-state index in [0.29, 0.717) is 23.7 Å². The number of nitrogens with zero attached hydrogens (tertiary/aromatic N) is 1. The first-order valence-electron chi connectivity index (χ1n) is 11.9. The maximum Gasteiger partial charge on any atom is 1.00 e. The van der Waals surface area contributed by atoms with E-state index < -0.39 is 51.7 Å². The van der Waals surface area contributed by atoms with Crippen LogP contribution in [0.4, 0.5) is 4.79 Å². The molecule has 3 amide bonds. The number of cyclic esters (lactones) is 1. The van der Waals surface area contributed by atoms with Gasteiger partial charge in [-0.25, -0.2) is 13.2 Å². The number of aliphatic hydroxyl groups excluding tert-OH is 1. The first kappa shape index (κ1) is 32.6. The number of carbonyl (C=O) groups is 3. The maximum absolute atomic E-state index is 13.3. The molecule has 2 saturated heterocycles. The summed E-state index contributed by atoms with van der Waals surface area (Å²) in [6, 6.07) is 4.06. The number of rotatable bonds is 12. The van der Waals surface area contributed by atoms with Crippen LogP contribution in [0.3, 0.4) is 0 Å². The van der Waals surface area contributed by atoms with Crippen molar-refractivity contribution < 1.29 is 71.5 Å². The van der Waals surface area contributed by atoms with Gasteiger partial charge in [-0.2, -0.15) is 0 Å². The molecule has 0 saturated carbocycles. The molecule has 0 bridgehead atoms. The second kappa shape index (κ2) is 14.1. The third-order valence-corrected chi connectivity index (χ3v) is 7.33. The van der Waals surface area contributed by atoms with Crippen molar-refractivity contribution in [1.29, 1.82) is 0 Å². The van der Waals surface area contributed by atoms with E-state index in [1.54, 1.807) is 24.3 Å². The quantitative estimate of drug-likeness (QED) is 0.183. The Morgan fingerprint density at radius 2 is 2.08 bits per heavy atom. The van der Waals surface area contributed by atoms with Crippen LogP contribution in [0.1, 0.15) is 33.1 Å². The maximum atomic E-state index is 13.3. The molecule has 2 aliphatic rings. The van der Waals surface area contributed by atoms with E-state index in [4.69, 9.17) is 21.1 Å². The van der Waals surface area contributed by atoms with Gasteiger partial charge in [0.25, 0.3) is 0 Å². The number of nitrogens with one attached hydrogen (secondary N) is 2. The van der Waals surface area contributed by atoms with Crippen molar-refractivity contribution in [2.24, 2.45) is 11.8 Å². The van der Waals surface area contributed by atoms with Gasteiger partial charge in [-0.3, -0.25) is 14.5 Å². The van der Waals surface area contributed by atoms with Gasteiger partial charge in [0.05, 0.1) is 12.6 Å². The number of ether oxygens (including phenoxy) is 2. The molecule has 12 nitrogen and oxygen atoms in total. The van der Waals surface area contributed by atoms with Gasteiger partial charge < -0.3 is 29.8 Å². The molecular formula is C23H31ClN3NaO9S. The Labute approximate surface area is 248 Å². The number of hydrogen-bond acceptors (Lipinski definition) is 9. The first-order chi connectivity index (χ1) is 17.3. The molecule has 2 heterocycles. The smallest absolute Gasteiger partial charge is 0.746 e. The van der Waals surface area contributed by atoms with E-state index in [2.05, 4.69) is 10.6 Å². The van der Waals surface area contributed by atoms with Crippen LogP contribution in [0, 0.1) is 11.8 Å². The predicted molar refractivity (Wildman–Crippen MR) is 131 cm³/mol. The van der Waals surface area contributed by atoms with E-state index >= 15 is 0 Å². The van der Waals surface area contributed by atoms with Gasteiger partial charge in [0, 0.05) is 17.5 Å². The molecule has 2 aliphatic heterocycles. The molecule has 15 heteroatoms. The summed E-state index contributed by atoms with van der Waals surface area (Å²) in [5.74, 6) is -1.40. The monoisotopic (exact) mass is 583 g/mol. The minimum absolute atomic E-state index is 0. The molecule has 38 heavy (non-hydrogen) atoms. The van der Waals surface area contributed by atoms with Gasteiger partial charge in [-0.15, -0.1) is 0 Å². The van der Waals surface area contributed by atoms with Gasteiger partial charge in [0.15, 0.2) is 11.5 Å². The van der Waals surface area contributed by atoms with Crippen LogP contribution in [0.15, 0.2) is 24.3 Å². The summed E-state index contributed by atoms with van der Waals surface area (Å²) in [5, 5.41) is 15.7. The molecular weight excluding hydrogens is 553 g/mol. The summed E-state index contributed by atoms with van der Waals surface area (Å²) >= 11 is 5.95. The fraction of sp³-hybridized carbons (Fsp3) is 0.609. The van der Waals surface area contributed by atoms with Crippen LogP contribution in [0.5, 0.6) is 5.75 Å². The topological polar surface area (TPSA) is 174 Å². The van der Waals surface area contributed by atoms with Crippen LogP contribution >= 0.6 is 11.6 Å². The molecule has 1 aromatic rings. The summed E-state index contributed by atoms with van der Waals surface area (Å²) in [7, 11) is -5.20. The van der Waals surface area contributed by atoms with Crippen molar-refractivity contribution in [3.63, 3.8) is 0 Å². The Morgan fingerprint density at radius 3 is 2.66 bits per heavy atom. The largest absolute Gasteiger partial charge is 1.00 e. The zero-order chi connectivity index (χ0) is 27.3. The second-order valence-electron chi connectivity index (χ2n) is 9.58. The molecule has 2 fully saturated rings. The van der Waals surface area contributed by atoms with Gasteiger partial charge in [0.1, 0.15) is 28.5 Å². The van der Waals surface area contributed by atoms with Crippen molar-refractivity contribution in [2.45, 2.75) is 56.7 Å². The van der Waals surface area contributed by atoms with Crippen LogP contribution in [0.25, 0.3) is 0 Å². The number of hydrogen-bond donors (Lipinski definition) is 3. The Hall–Kier alpha value is -1.61. The Balaban J connectivity index is 0.00000507. The number of carbonyl (C=O) groups excluding carboxylic acids is 3. The molecule has 0 aromatic heterocycles. The molecule has 1 aromatic carbocycles. The summed E-state index contributed by atoms with van der Waals surface area (Å²) < 4.78 is 45.7. The predicted octanol–water partition coefficient (Wildman–Crippen LogP) is -2.17. The fourth-order valence-electron chi connectivity index (χ4n) is 4.35. The number of aliphatic hydroxyl groups is 1. The molecule has 2 unspecified atom stereocenters. The Morgan fingerprint density at radius 1 is 1.37 bits per heavy atom. The molecule has 0 aliphatic carbocycles. The van der Waals surface area contributed by atoms with E-state index in [9.17, 15) is 32.5 Å². The fourth-order valence-corrected chi connectivity index (χ4v) is 5.12. The first-order valence-corrected chi connectivity index (χ1v) is 13.8. The van der Waals surface area contributed by atoms with Gasteiger partial charge in [-0.1, -0.05) is 31.5 Å². The van der Waals surface area contributed by atoms with Crippen LogP contribution in [-0.2, 0) is 24.4 Å². The van der Waals surface area contributed by atoms with Crippen molar-refractivity contribution in [2.75, 3.05) is 19.7 Å². The molecule has 3 N–H and O–H groups in total. The summed E-state index contributed by atoms with van der Waals surface area (Å²) in [6.45, 7) is 4.05. The third kappa shape index (κ3) is 8.97. The van der Waals surface area contributed by atoms with Gasteiger partial charge in [0.2, 0.25) is 11.8 Å².